The molecule has 1 aromatic carbocycles. The van der Waals surface area contributed by atoms with Gasteiger partial charge >= 0.3 is 0 Å². The lowest BCUT2D eigenvalue weighted by Gasteiger charge is -2.40. The molecule has 3 unspecified atom stereocenters. The SMILES string of the molecule is CCC1C[C@H](C)CC2c3[nH]c4ccc(OC)cc4c3CCNC12. The molecule has 0 bridgehead atoms. The smallest absolute Gasteiger partial charge is 0.119 e. The monoisotopic (exact) mass is 312 g/mol. The van der Waals surface area contributed by atoms with Crippen LogP contribution in [0, 0.1) is 11.8 Å². The minimum absolute atomic E-state index is 0.625. The van der Waals surface area contributed by atoms with Crippen molar-refractivity contribution < 1.29 is 4.74 Å². The zero-order chi connectivity index (χ0) is 16.0. The molecule has 1 aliphatic heterocycles. The van der Waals surface area contributed by atoms with Gasteiger partial charge in [-0.05, 0) is 61.4 Å². The van der Waals surface area contributed by atoms with Crippen molar-refractivity contribution >= 4 is 10.9 Å². The van der Waals surface area contributed by atoms with Crippen molar-refractivity contribution in [1.82, 2.24) is 10.3 Å². The predicted molar refractivity (Wildman–Crippen MR) is 95.3 cm³/mol. The molecule has 0 saturated heterocycles. The molecule has 3 heteroatoms. The second kappa shape index (κ2) is 5.86. The number of rotatable bonds is 2. The van der Waals surface area contributed by atoms with E-state index in [1.807, 2.05) is 0 Å². The summed E-state index contributed by atoms with van der Waals surface area (Å²) in [6.45, 7) is 5.86. The number of fused-ring (bicyclic) bond motifs is 5. The lowest BCUT2D eigenvalue weighted by molar-refractivity contribution is 0.182. The molecule has 0 spiro atoms. The van der Waals surface area contributed by atoms with Gasteiger partial charge in [-0.2, -0.15) is 0 Å². The predicted octanol–water partition coefficient (Wildman–Crippen LogP) is 4.23. The van der Waals surface area contributed by atoms with Crippen molar-refractivity contribution in [3.05, 3.63) is 29.5 Å². The average Bonchev–Trinajstić information content (AvgIpc) is 2.83. The molecule has 1 aliphatic carbocycles. The minimum Gasteiger partial charge on any atom is -0.497 e. The summed E-state index contributed by atoms with van der Waals surface area (Å²) in [5, 5.41) is 5.23. The van der Waals surface area contributed by atoms with E-state index in [1.165, 1.54) is 41.4 Å². The van der Waals surface area contributed by atoms with E-state index in [0.29, 0.717) is 12.0 Å². The van der Waals surface area contributed by atoms with Gasteiger partial charge in [-0.25, -0.2) is 0 Å². The molecule has 23 heavy (non-hydrogen) atoms. The molecular weight excluding hydrogens is 284 g/mol. The van der Waals surface area contributed by atoms with Crippen LogP contribution in [0.15, 0.2) is 18.2 Å². The Morgan fingerprint density at radius 1 is 1.26 bits per heavy atom. The lowest BCUT2D eigenvalue weighted by atomic mass is 9.70. The molecule has 2 N–H and O–H groups in total. The normalized spacial score (nSPS) is 30.6. The van der Waals surface area contributed by atoms with Crippen molar-refractivity contribution in [3.8, 4) is 5.75 Å². The first-order valence-corrected chi connectivity index (χ1v) is 9.13. The average molecular weight is 312 g/mol. The molecule has 4 atom stereocenters. The summed E-state index contributed by atoms with van der Waals surface area (Å²) in [7, 11) is 1.75. The summed E-state index contributed by atoms with van der Waals surface area (Å²) in [6, 6.07) is 7.07. The van der Waals surface area contributed by atoms with E-state index in [0.717, 1.165) is 30.6 Å². The van der Waals surface area contributed by atoms with Gasteiger partial charge < -0.3 is 15.0 Å². The van der Waals surface area contributed by atoms with Gasteiger partial charge in [-0.15, -0.1) is 0 Å². The zero-order valence-electron chi connectivity index (χ0n) is 14.5. The summed E-state index contributed by atoms with van der Waals surface area (Å²) < 4.78 is 5.44. The van der Waals surface area contributed by atoms with Gasteiger partial charge in [0.2, 0.25) is 0 Å². The minimum atomic E-state index is 0.625. The zero-order valence-corrected chi connectivity index (χ0v) is 14.5. The van der Waals surface area contributed by atoms with Crippen LogP contribution in [0.25, 0.3) is 10.9 Å². The Labute approximate surface area is 138 Å². The number of nitrogens with one attached hydrogen (secondary N) is 2. The molecule has 1 aromatic heterocycles. The highest BCUT2D eigenvalue weighted by atomic mass is 16.5. The summed E-state index contributed by atoms with van der Waals surface area (Å²) >= 11 is 0. The summed E-state index contributed by atoms with van der Waals surface area (Å²) in [4.78, 5) is 3.78. The topological polar surface area (TPSA) is 37.0 Å². The van der Waals surface area contributed by atoms with Crippen LogP contribution in [0.3, 0.4) is 0 Å². The van der Waals surface area contributed by atoms with E-state index in [-0.39, 0.29) is 0 Å². The van der Waals surface area contributed by atoms with E-state index in [1.54, 1.807) is 7.11 Å². The summed E-state index contributed by atoms with van der Waals surface area (Å²) in [6.07, 6.45) is 5.06. The van der Waals surface area contributed by atoms with Crippen LogP contribution in [0.5, 0.6) is 5.75 Å². The fourth-order valence-corrected chi connectivity index (χ4v) is 5.02. The first-order chi connectivity index (χ1) is 11.2. The Hall–Kier alpha value is -1.48. The van der Waals surface area contributed by atoms with Crippen LogP contribution < -0.4 is 10.1 Å². The summed E-state index contributed by atoms with van der Waals surface area (Å²) in [5.74, 6) is 3.20. The first-order valence-electron chi connectivity index (χ1n) is 9.13. The largest absolute Gasteiger partial charge is 0.497 e. The maximum Gasteiger partial charge on any atom is 0.119 e. The van der Waals surface area contributed by atoms with E-state index >= 15 is 0 Å². The molecule has 0 radical (unpaired) electrons. The second-order valence-electron chi connectivity index (χ2n) is 7.51. The molecular formula is C20H28N2O. The molecule has 2 aromatic rings. The van der Waals surface area contributed by atoms with Gasteiger partial charge in [0, 0.05) is 28.6 Å². The third kappa shape index (κ3) is 2.46. The Balaban J connectivity index is 1.83. The first kappa shape index (κ1) is 15.1. The van der Waals surface area contributed by atoms with Crippen LogP contribution in [-0.2, 0) is 6.42 Å². The van der Waals surface area contributed by atoms with Crippen LogP contribution in [0.1, 0.15) is 50.3 Å². The Morgan fingerprint density at radius 2 is 2.13 bits per heavy atom. The van der Waals surface area contributed by atoms with Crippen molar-refractivity contribution in [1.29, 1.82) is 0 Å². The van der Waals surface area contributed by atoms with Crippen molar-refractivity contribution in [2.24, 2.45) is 11.8 Å². The fraction of sp³-hybridized carbons (Fsp3) is 0.600. The Morgan fingerprint density at radius 3 is 2.91 bits per heavy atom. The molecule has 3 nitrogen and oxygen atoms in total. The Bertz CT molecular complexity index is 705. The number of H-pyrrole nitrogens is 1. The third-order valence-corrected chi connectivity index (χ3v) is 6.10. The fourth-order valence-electron chi connectivity index (χ4n) is 5.02. The molecule has 124 valence electrons. The third-order valence-electron chi connectivity index (χ3n) is 6.10. The van der Waals surface area contributed by atoms with Crippen molar-refractivity contribution in [2.45, 2.75) is 51.5 Å². The molecule has 2 aliphatic rings. The van der Waals surface area contributed by atoms with Crippen LogP contribution >= 0.6 is 0 Å². The van der Waals surface area contributed by atoms with Gasteiger partial charge in [0.25, 0.3) is 0 Å². The van der Waals surface area contributed by atoms with E-state index < -0.39 is 0 Å². The molecule has 0 amide bonds. The molecule has 2 heterocycles. The number of ether oxygens (including phenoxy) is 1. The number of aromatic amines is 1. The van der Waals surface area contributed by atoms with Crippen LogP contribution in [-0.4, -0.2) is 24.7 Å². The number of benzene rings is 1. The molecule has 1 fully saturated rings. The molecule has 1 saturated carbocycles. The highest BCUT2D eigenvalue weighted by Gasteiger charge is 2.39. The number of methoxy groups -OCH3 is 1. The maximum absolute atomic E-state index is 5.44. The van der Waals surface area contributed by atoms with Gasteiger partial charge in [0.05, 0.1) is 7.11 Å². The van der Waals surface area contributed by atoms with E-state index in [9.17, 15) is 0 Å². The Kier molecular flexibility index (Phi) is 3.84. The number of hydrogen-bond acceptors (Lipinski definition) is 2. The lowest BCUT2D eigenvalue weighted by Crippen LogP contribution is -2.44. The summed E-state index contributed by atoms with van der Waals surface area (Å²) in [5.41, 5.74) is 4.28. The van der Waals surface area contributed by atoms with Gasteiger partial charge in [0.1, 0.15) is 5.75 Å². The highest BCUT2D eigenvalue weighted by molar-refractivity contribution is 5.86. The van der Waals surface area contributed by atoms with Gasteiger partial charge in [-0.3, -0.25) is 0 Å². The standard InChI is InChI=1S/C20H28N2O/c1-4-13-9-12(2)10-17-19(13)21-8-7-15-16-11-14(23-3)5-6-18(16)22-20(15)17/h5-6,11-13,17,19,21-22H,4,7-10H2,1-3H3/t12-,13?,17?,19?/m0/s1. The number of aromatic nitrogens is 1. The van der Waals surface area contributed by atoms with Crippen molar-refractivity contribution in [2.75, 3.05) is 13.7 Å². The van der Waals surface area contributed by atoms with Gasteiger partial charge in [0.15, 0.2) is 0 Å². The molecule has 4 rings (SSSR count). The highest BCUT2D eigenvalue weighted by Crippen LogP contribution is 2.44. The van der Waals surface area contributed by atoms with Gasteiger partial charge in [-0.1, -0.05) is 20.3 Å². The maximum atomic E-state index is 5.44. The van der Waals surface area contributed by atoms with Crippen molar-refractivity contribution in [3.63, 3.8) is 0 Å². The van der Waals surface area contributed by atoms with Crippen LogP contribution in [0.4, 0.5) is 0 Å². The van der Waals surface area contributed by atoms with Crippen LogP contribution in [0.2, 0.25) is 0 Å². The quantitative estimate of drug-likeness (QED) is 0.870. The second-order valence-corrected chi connectivity index (χ2v) is 7.51. The van der Waals surface area contributed by atoms with E-state index in [4.69, 9.17) is 4.74 Å². The number of hydrogen-bond donors (Lipinski definition) is 2. The van der Waals surface area contributed by atoms with E-state index in [2.05, 4.69) is 42.3 Å².